The molecule has 2 aromatic rings. The number of anilines is 2. The Morgan fingerprint density at radius 3 is 2.60 bits per heavy atom. The van der Waals surface area contributed by atoms with Gasteiger partial charge in [0.1, 0.15) is 16.5 Å². The maximum Gasteiger partial charge on any atom is 0.264 e. The number of phenolic OH excluding ortho intramolecular Hbond substituents is 1. The Labute approximate surface area is 115 Å². The molecule has 2 aromatic carbocycles. The fourth-order valence-corrected chi connectivity index (χ4v) is 2.80. The van der Waals surface area contributed by atoms with Crippen LogP contribution in [0, 0.1) is 12.7 Å². The largest absolute Gasteiger partial charge is 0.508 e. The molecule has 0 bridgehead atoms. The minimum absolute atomic E-state index is 0.103. The fourth-order valence-electron chi connectivity index (χ4n) is 1.65. The highest BCUT2D eigenvalue weighted by Crippen LogP contribution is 2.24. The molecule has 0 atom stereocenters. The molecule has 4 N–H and O–H groups in total. The summed E-state index contributed by atoms with van der Waals surface area (Å²) in [5.41, 5.74) is 6.37. The summed E-state index contributed by atoms with van der Waals surface area (Å²) in [6.45, 7) is 1.58. The molecule has 0 unspecified atom stereocenters. The average Bonchev–Trinajstić information content (AvgIpc) is 2.33. The fraction of sp³-hybridized carbons (Fsp3) is 0.0769. The SMILES string of the molecule is Cc1cc(F)c(S(=O)(=O)Nc2cccc(O)c2)cc1N. The van der Waals surface area contributed by atoms with Gasteiger partial charge in [-0.05, 0) is 36.8 Å². The van der Waals surface area contributed by atoms with Crippen LogP contribution in [-0.4, -0.2) is 13.5 Å². The Kier molecular flexibility index (Phi) is 3.54. The van der Waals surface area contributed by atoms with E-state index < -0.39 is 20.7 Å². The first kappa shape index (κ1) is 14.1. The van der Waals surface area contributed by atoms with Crippen molar-refractivity contribution in [3.05, 3.63) is 47.8 Å². The van der Waals surface area contributed by atoms with Crippen LogP contribution in [0.5, 0.6) is 5.75 Å². The molecule has 0 aliphatic heterocycles. The smallest absolute Gasteiger partial charge is 0.264 e. The van der Waals surface area contributed by atoms with Gasteiger partial charge in [0, 0.05) is 11.8 Å². The Balaban J connectivity index is 2.43. The van der Waals surface area contributed by atoms with Gasteiger partial charge >= 0.3 is 0 Å². The number of aryl methyl sites for hydroxylation is 1. The minimum Gasteiger partial charge on any atom is -0.508 e. The van der Waals surface area contributed by atoms with Crippen LogP contribution in [0.3, 0.4) is 0 Å². The van der Waals surface area contributed by atoms with E-state index in [9.17, 15) is 17.9 Å². The summed E-state index contributed by atoms with van der Waals surface area (Å²) in [6, 6.07) is 7.64. The molecular weight excluding hydrogens is 283 g/mol. The summed E-state index contributed by atoms with van der Waals surface area (Å²) in [5, 5.41) is 9.29. The van der Waals surface area contributed by atoms with Crippen LogP contribution in [0.2, 0.25) is 0 Å². The molecule has 0 spiro atoms. The second-order valence-electron chi connectivity index (χ2n) is 4.30. The van der Waals surface area contributed by atoms with Gasteiger partial charge in [-0.25, -0.2) is 12.8 Å². The van der Waals surface area contributed by atoms with Crippen molar-refractivity contribution >= 4 is 21.4 Å². The zero-order valence-corrected chi connectivity index (χ0v) is 11.4. The first-order valence-corrected chi connectivity index (χ1v) is 7.15. The van der Waals surface area contributed by atoms with E-state index >= 15 is 0 Å². The lowest BCUT2D eigenvalue weighted by atomic mass is 10.2. The molecule has 0 saturated heterocycles. The first-order valence-electron chi connectivity index (χ1n) is 5.67. The molecule has 0 aliphatic carbocycles. The Hall–Kier alpha value is -2.28. The van der Waals surface area contributed by atoms with E-state index in [4.69, 9.17) is 5.73 Å². The number of aromatic hydroxyl groups is 1. The summed E-state index contributed by atoms with van der Waals surface area (Å²) < 4.78 is 40.2. The summed E-state index contributed by atoms with van der Waals surface area (Å²) in [5.74, 6) is -0.988. The van der Waals surface area contributed by atoms with Crippen molar-refractivity contribution in [1.82, 2.24) is 0 Å². The highest BCUT2D eigenvalue weighted by Gasteiger charge is 2.20. The number of sulfonamides is 1. The van der Waals surface area contributed by atoms with Gasteiger partial charge in [0.05, 0.1) is 5.69 Å². The Morgan fingerprint density at radius 1 is 1.25 bits per heavy atom. The normalized spacial score (nSPS) is 11.3. The summed E-state index contributed by atoms with van der Waals surface area (Å²) in [7, 11) is -4.12. The van der Waals surface area contributed by atoms with E-state index in [1.54, 1.807) is 6.92 Å². The number of nitrogens with two attached hydrogens (primary N) is 1. The number of nitrogen functional groups attached to an aromatic ring is 1. The van der Waals surface area contributed by atoms with Crippen LogP contribution in [0.15, 0.2) is 41.3 Å². The van der Waals surface area contributed by atoms with Gasteiger partial charge in [-0.15, -0.1) is 0 Å². The van der Waals surface area contributed by atoms with E-state index in [-0.39, 0.29) is 17.1 Å². The van der Waals surface area contributed by atoms with E-state index in [2.05, 4.69) is 4.72 Å². The number of hydrogen-bond acceptors (Lipinski definition) is 4. The third kappa shape index (κ3) is 2.83. The summed E-state index contributed by atoms with van der Waals surface area (Å²) in [6.07, 6.45) is 0. The second-order valence-corrected chi connectivity index (χ2v) is 5.95. The molecule has 0 heterocycles. The van der Waals surface area contributed by atoms with Gasteiger partial charge in [0.25, 0.3) is 10.0 Å². The van der Waals surface area contributed by atoms with Crippen LogP contribution in [0.1, 0.15) is 5.56 Å². The quantitative estimate of drug-likeness (QED) is 0.757. The predicted molar refractivity (Wildman–Crippen MR) is 74.5 cm³/mol. The number of phenols is 1. The molecular formula is C13H13FN2O3S. The molecule has 5 nitrogen and oxygen atoms in total. The van der Waals surface area contributed by atoms with Crippen LogP contribution in [0.4, 0.5) is 15.8 Å². The lowest BCUT2D eigenvalue weighted by molar-refractivity contribution is 0.475. The van der Waals surface area contributed by atoms with Gasteiger partial charge in [-0.1, -0.05) is 6.07 Å². The molecule has 0 amide bonds. The highest BCUT2D eigenvalue weighted by molar-refractivity contribution is 7.92. The van der Waals surface area contributed by atoms with E-state index in [0.29, 0.717) is 5.56 Å². The lowest BCUT2D eigenvalue weighted by Gasteiger charge is -2.11. The summed E-state index contributed by atoms with van der Waals surface area (Å²) in [4.78, 5) is -0.538. The highest BCUT2D eigenvalue weighted by atomic mass is 32.2. The number of rotatable bonds is 3. The van der Waals surface area contributed by atoms with Crippen LogP contribution in [0.25, 0.3) is 0 Å². The molecule has 0 aromatic heterocycles. The molecule has 7 heteroatoms. The predicted octanol–water partition coefficient (Wildman–Crippen LogP) is 2.22. The first-order chi connectivity index (χ1) is 9.29. The number of benzene rings is 2. The van der Waals surface area contributed by atoms with Crippen LogP contribution in [-0.2, 0) is 10.0 Å². The third-order valence-electron chi connectivity index (χ3n) is 2.71. The zero-order chi connectivity index (χ0) is 14.9. The molecule has 106 valence electrons. The van der Waals surface area contributed by atoms with Gasteiger partial charge in [0.2, 0.25) is 0 Å². The van der Waals surface area contributed by atoms with Gasteiger partial charge in [-0.3, -0.25) is 4.72 Å². The van der Waals surface area contributed by atoms with Crippen molar-refractivity contribution < 1.29 is 17.9 Å². The van der Waals surface area contributed by atoms with Crippen molar-refractivity contribution in [2.45, 2.75) is 11.8 Å². The van der Waals surface area contributed by atoms with E-state index in [1.165, 1.54) is 24.3 Å². The second kappa shape index (κ2) is 5.01. The van der Waals surface area contributed by atoms with Crippen LogP contribution < -0.4 is 10.5 Å². The molecule has 0 radical (unpaired) electrons. The van der Waals surface area contributed by atoms with Crippen molar-refractivity contribution in [1.29, 1.82) is 0 Å². The molecule has 0 aliphatic rings. The van der Waals surface area contributed by atoms with Gasteiger partial charge in [-0.2, -0.15) is 0 Å². The Morgan fingerprint density at radius 2 is 1.95 bits per heavy atom. The average molecular weight is 296 g/mol. The molecule has 20 heavy (non-hydrogen) atoms. The monoisotopic (exact) mass is 296 g/mol. The van der Waals surface area contributed by atoms with Crippen molar-refractivity contribution in [2.75, 3.05) is 10.5 Å². The minimum atomic E-state index is -4.12. The van der Waals surface area contributed by atoms with Crippen molar-refractivity contribution in [3.8, 4) is 5.75 Å². The summed E-state index contributed by atoms with van der Waals surface area (Å²) >= 11 is 0. The number of hydrogen-bond donors (Lipinski definition) is 3. The molecule has 2 rings (SSSR count). The standard InChI is InChI=1S/C13H13FN2O3S/c1-8-5-11(14)13(7-12(8)15)20(18,19)16-9-3-2-4-10(17)6-9/h2-7,16-17H,15H2,1H3. The zero-order valence-electron chi connectivity index (χ0n) is 10.6. The van der Waals surface area contributed by atoms with Crippen molar-refractivity contribution in [2.24, 2.45) is 0 Å². The van der Waals surface area contributed by atoms with E-state index in [1.807, 2.05) is 0 Å². The maximum absolute atomic E-state index is 13.8. The molecule has 0 saturated carbocycles. The van der Waals surface area contributed by atoms with Crippen molar-refractivity contribution in [3.63, 3.8) is 0 Å². The molecule has 0 fully saturated rings. The number of halogens is 1. The van der Waals surface area contributed by atoms with Gasteiger partial charge < -0.3 is 10.8 Å². The topological polar surface area (TPSA) is 92.4 Å². The Bertz CT molecular complexity index is 760. The van der Waals surface area contributed by atoms with Crippen LogP contribution >= 0.6 is 0 Å². The van der Waals surface area contributed by atoms with Gasteiger partial charge in [0.15, 0.2) is 0 Å². The lowest BCUT2D eigenvalue weighted by Crippen LogP contribution is -2.15. The number of nitrogens with one attached hydrogen (secondary N) is 1. The van der Waals surface area contributed by atoms with E-state index in [0.717, 1.165) is 12.1 Å². The maximum atomic E-state index is 13.8. The third-order valence-corrected chi connectivity index (χ3v) is 4.10.